The third-order valence-electron chi connectivity index (χ3n) is 2.48. The van der Waals surface area contributed by atoms with Gasteiger partial charge >= 0.3 is 0 Å². The monoisotopic (exact) mass is 265 g/mol. The van der Waals surface area contributed by atoms with E-state index in [2.05, 4.69) is 33.7 Å². The Hall–Kier alpha value is -0.910. The SMILES string of the molecule is CNC(C)c1ccc(Sc2nc(C)cs2)nc1. The standard InChI is InChI=1S/C12H15N3S2/c1-8-7-16-12(15-8)17-11-5-4-10(6-14-11)9(2)13-3/h4-7,9,13H,1-3H3. The zero-order valence-electron chi connectivity index (χ0n) is 10.1. The van der Waals surface area contributed by atoms with Crippen LogP contribution in [0.1, 0.15) is 24.2 Å². The predicted octanol–water partition coefficient (Wildman–Crippen LogP) is 3.28. The van der Waals surface area contributed by atoms with Crippen molar-refractivity contribution in [2.45, 2.75) is 29.3 Å². The number of hydrogen-bond donors (Lipinski definition) is 1. The van der Waals surface area contributed by atoms with Crippen molar-refractivity contribution in [3.8, 4) is 0 Å². The van der Waals surface area contributed by atoms with E-state index >= 15 is 0 Å². The number of aryl methyl sites for hydroxylation is 1. The van der Waals surface area contributed by atoms with Crippen LogP contribution in [0.15, 0.2) is 33.1 Å². The summed E-state index contributed by atoms with van der Waals surface area (Å²) in [4.78, 5) is 8.85. The van der Waals surface area contributed by atoms with Crippen molar-refractivity contribution < 1.29 is 0 Å². The molecule has 0 bridgehead atoms. The Morgan fingerprint density at radius 1 is 1.41 bits per heavy atom. The van der Waals surface area contributed by atoms with Crippen LogP contribution < -0.4 is 5.32 Å². The lowest BCUT2D eigenvalue weighted by Crippen LogP contribution is -2.12. The van der Waals surface area contributed by atoms with Crippen molar-refractivity contribution in [3.05, 3.63) is 35.0 Å². The molecule has 2 rings (SSSR count). The first-order chi connectivity index (χ1) is 8.19. The highest BCUT2D eigenvalue weighted by molar-refractivity contribution is 8.01. The molecule has 17 heavy (non-hydrogen) atoms. The molecule has 0 spiro atoms. The average molecular weight is 265 g/mol. The fraction of sp³-hybridized carbons (Fsp3) is 0.333. The minimum atomic E-state index is 0.337. The molecule has 0 fully saturated rings. The molecule has 2 aromatic heterocycles. The first-order valence-electron chi connectivity index (χ1n) is 5.42. The van der Waals surface area contributed by atoms with Crippen molar-refractivity contribution in [1.29, 1.82) is 0 Å². The summed E-state index contributed by atoms with van der Waals surface area (Å²) in [7, 11) is 1.95. The molecular weight excluding hydrogens is 250 g/mol. The molecule has 0 radical (unpaired) electrons. The normalized spacial score (nSPS) is 12.6. The molecule has 0 aromatic carbocycles. The average Bonchev–Trinajstić information content (AvgIpc) is 2.75. The van der Waals surface area contributed by atoms with Gasteiger partial charge in [-0.3, -0.25) is 0 Å². The number of nitrogens with zero attached hydrogens (tertiary/aromatic N) is 2. The second kappa shape index (κ2) is 5.62. The Morgan fingerprint density at radius 3 is 2.76 bits per heavy atom. The van der Waals surface area contributed by atoms with Crippen molar-refractivity contribution in [1.82, 2.24) is 15.3 Å². The highest BCUT2D eigenvalue weighted by atomic mass is 32.2. The van der Waals surface area contributed by atoms with Crippen LogP contribution in [0, 0.1) is 6.92 Å². The van der Waals surface area contributed by atoms with Gasteiger partial charge in [-0.05, 0) is 44.3 Å². The van der Waals surface area contributed by atoms with Crippen molar-refractivity contribution >= 4 is 23.1 Å². The van der Waals surface area contributed by atoms with Gasteiger partial charge in [0.25, 0.3) is 0 Å². The molecule has 3 nitrogen and oxygen atoms in total. The summed E-state index contributed by atoms with van der Waals surface area (Å²) in [6, 6.07) is 4.49. The molecule has 2 heterocycles. The maximum atomic E-state index is 4.44. The van der Waals surface area contributed by atoms with Gasteiger partial charge in [-0.1, -0.05) is 6.07 Å². The molecule has 1 atom stereocenters. The number of nitrogens with one attached hydrogen (secondary N) is 1. The Balaban J connectivity index is 2.08. The van der Waals surface area contributed by atoms with Crippen molar-refractivity contribution in [2.75, 3.05) is 7.05 Å². The first kappa shape index (κ1) is 12.5. The molecule has 0 aliphatic carbocycles. The van der Waals surface area contributed by atoms with Crippen LogP contribution in [-0.2, 0) is 0 Å². The fourth-order valence-electron chi connectivity index (χ4n) is 1.34. The number of rotatable bonds is 4. The maximum absolute atomic E-state index is 4.44. The minimum Gasteiger partial charge on any atom is -0.313 e. The quantitative estimate of drug-likeness (QED) is 0.920. The fourth-order valence-corrected chi connectivity index (χ4v) is 3.07. The Morgan fingerprint density at radius 2 is 2.24 bits per heavy atom. The molecule has 5 heteroatoms. The Kier molecular flexibility index (Phi) is 4.15. The van der Waals surface area contributed by atoms with E-state index in [0.29, 0.717) is 6.04 Å². The smallest absolute Gasteiger partial charge is 0.156 e. The summed E-state index contributed by atoms with van der Waals surface area (Å²) in [6.45, 7) is 4.12. The van der Waals surface area contributed by atoms with E-state index in [-0.39, 0.29) is 0 Å². The van der Waals surface area contributed by atoms with Gasteiger partial charge in [-0.25, -0.2) is 9.97 Å². The summed E-state index contributed by atoms with van der Waals surface area (Å²) in [5.74, 6) is 0. The number of aromatic nitrogens is 2. The summed E-state index contributed by atoms with van der Waals surface area (Å²) in [6.07, 6.45) is 1.92. The van der Waals surface area contributed by atoms with E-state index < -0.39 is 0 Å². The third-order valence-corrected chi connectivity index (χ3v) is 4.49. The van der Waals surface area contributed by atoms with Gasteiger partial charge in [0.2, 0.25) is 0 Å². The van der Waals surface area contributed by atoms with Crippen LogP contribution in [0.25, 0.3) is 0 Å². The Labute approximate surface area is 110 Å². The van der Waals surface area contributed by atoms with Crippen LogP contribution >= 0.6 is 23.1 Å². The molecule has 0 saturated heterocycles. The molecule has 90 valence electrons. The number of thiazole rings is 1. The molecule has 0 saturated carbocycles. The molecule has 0 aliphatic rings. The zero-order chi connectivity index (χ0) is 12.3. The van der Waals surface area contributed by atoms with E-state index in [0.717, 1.165) is 15.1 Å². The predicted molar refractivity (Wildman–Crippen MR) is 72.7 cm³/mol. The lowest BCUT2D eigenvalue weighted by Gasteiger charge is -2.09. The summed E-state index contributed by atoms with van der Waals surface area (Å²) >= 11 is 3.27. The summed E-state index contributed by atoms with van der Waals surface area (Å²) in [5.41, 5.74) is 2.27. The highest BCUT2D eigenvalue weighted by Crippen LogP contribution is 2.29. The number of pyridine rings is 1. The van der Waals surface area contributed by atoms with Crippen molar-refractivity contribution in [2.24, 2.45) is 0 Å². The molecule has 0 amide bonds. The lowest BCUT2D eigenvalue weighted by molar-refractivity contribution is 0.648. The van der Waals surface area contributed by atoms with Gasteiger partial charge < -0.3 is 5.32 Å². The third kappa shape index (κ3) is 3.28. The van der Waals surface area contributed by atoms with Crippen LogP contribution in [0.4, 0.5) is 0 Å². The molecule has 0 aliphatic heterocycles. The Bertz CT molecular complexity index is 479. The van der Waals surface area contributed by atoms with E-state index in [1.54, 1.807) is 23.1 Å². The minimum absolute atomic E-state index is 0.337. The molecule has 2 aromatic rings. The van der Waals surface area contributed by atoms with Gasteiger partial charge in [-0.15, -0.1) is 11.3 Å². The van der Waals surface area contributed by atoms with Crippen LogP contribution in [0.5, 0.6) is 0 Å². The van der Waals surface area contributed by atoms with Gasteiger partial charge in [0.15, 0.2) is 4.34 Å². The maximum Gasteiger partial charge on any atom is 0.156 e. The summed E-state index contributed by atoms with van der Waals surface area (Å²) in [5, 5.41) is 6.24. The van der Waals surface area contributed by atoms with E-state index in [1.807, 2.05) is 26.2 Å². The second-order valence-electron chi connectivity index (χ2n) is 3.80. The largest absolute Gasteiger partial charge is 0.313 e. The molecular formula is C12H15N3S2. The molecule has 1 N–H and O–H groups in total. The molecule has 1 unspecified atom stereocenters. The summed E-state index contributed by atoms with van der Waals surface area (Å²) < 4.78 is 1.05. The lowest BCUT2D eigenvalue weighted by atomic mass is 10.1. The van der Waals surface area contributed by atoms with Gasteiger partial charge in [0, 0.05) is 23.3 Å². The van der Waals surface area contributed by atoms with Gasteiger partial charge in [0.05, 0.1) is 0 Å². The van der Waals surface area contributed by atoms with E-state index in [4.69, 9.17) is 0 Å². The van der Waals surface area contributed by atoms with Crippen LogP contribution in [-0.4, -0.2) is 17.0 Å². The van der Waals surface area contributed by atoms with Gasteiger partial charge in [0.1, 0.15) is 5.03 Å². The zero-order valence-corrected chi connectivity index (χ0v) is 11.7. The van der Waals surface area contributed by atoms with Crippen LogP contribution in [0.3, 0.4) is 0 Å². The van der Waals surface area contributed by atoms with E-state index in [1.165, 1.54) is 5.56 Å². The van der Waals surface area contributed by atoms with E-state index in [9.17, 15) is 0 Å². The van der Waals surface area contributed by atoms with Crippen LogP contribution in [0.2, 0.25) is 0 Å². The first-order valence-corrected chi connectivity index (χ1v) is 7.12. The highest BCUT2D eigenvalue weighted by Gasteiger charge is 2.05. The second-order valence-corrected chi connectivity index (χ2v) is 5.92. The number of hydrogen-bond acceptors (Lipinski definition) is 5. The van der Waals surface area contributed by atoms with Crippen molar-refractivity contribution in [3.63, 3.8) is 0 Å². The van der Waals surface area contributed by atoms with Gasteiger partial charge in [-0.2, -0.15) is 0 Å². The topological polar surface area (TPSA) is 37.8 Å².